The largest absolute Gasteiger partial charge is 0.445 e. The predicted octanol–water partition coefficient (Wildman–Crippen LogP) is -0.138. The van der Waals surface area contributed by atoms with Gasteiger partial charge in [0.05, 0.1) is 6.10 Å². The van der Waals surface area contributed by atoms with Gasteiger partial charge in [-0.25, -0.2) is 4.79 Å². The van der Waals surface area contributed by atoms with E-state index in [1.165, 1.54) is 13.5 Å². The molecule has 0 bridgehead atoms. The molecular formula is C15H21N3O5S. The molecule has 24 heavy (non-hydrogen) atoms. The van der Waals surface area contributed by atoms with Crippen LogP contribution >= 0.6 is 0 Å². The molecule has 2 aliphatic heterocycles. The molecule has 8 nitrogen and oxygen atoms in total. The van der Waals surface area contributed by atoms with Crippen molar-refractivity contribution in [1.82, 2.24) is 13.5 Å². The lowest BCUT2D eigenvalue weighted by atomic mass is 10.2. The van der Waals surface area contributed by atoms with Gasteiger partial charge in [-0.05, 0) is 5.56 Å². The Morgan fingerprint density at radius 1 is 1.08 bits per heavy atom. The third-order valence-electron chi connectivity index (χ3n) is 4.18. The van der Waals surface area contributed by atoms with Crippen molar-refractivity contribution in [2.24, 2.45) is 0 Å². The van der Waals surface area contributed by atoms with Gasteiger partial charge in [0.25, 0.3) is 10.2 Å². The van der Waals surface area contributed by atoms with Crippen molar-refractivity contribution in [3.8, 4) is 0 Å². The van der Waals surface area contributed by atoms with Crippen LogP contribution in [0.1, 0.15) is 5.56 Å². The van der Waals surface area contributed by atoms with Crippen LogP contribution in [0.4, 0.5) is 4.79 Å². The molecule has 1 aromatic rings. The molecule has 0 radical (unpaired) electrons. The first-order valence-corrected chi connectivity index (χ1v) is 9.25. The molecule has 0 aromatic heterocycles. The van der Waals surface area contributed by atoms with E-state index in [1.54, 1.807) is 0 Å². The number of aliphatic hydroxyl groups is 1. The van der Waals surface area contributed by atoms with Crippen molar-refractivity contribution >= 4 is 16.3 Å². The van der Waals surface area contributed by atoms with Crippen LogP contribution in [-0.2, 0) is 21.6 Å². The van der Waals surface area contributed by atoms with Gasteiger partial charge in [0.15, 0.2) is 0 Å². The van der Waals surface area contributed by atoms with Crippen molar-refractivity contribution in [2.75, 3.05) is 39.3 Å². The van der Waals surface area contributed by atoms with Crippen molar-refractivity contribution in [3.63, 3.8) is 0 Å². The summed E-state index contributed by atoms with van der Waals surface area (Å²) in [5, 5.41) is 9.25. The Balaban J connectivity index is 1.47. The Morgan fingerprint density at radius 2 is 1.71 bits per heavy atom. The fraction of sp³-hybridized carbons (Fsp3) is 0.533. The number of amides is 1. The number of carbonyl (C=O) groups is 1. The lowest BCUT2D eigenvalue weighted by molar-refractivity contribution is 0.0474. The molecule has 2 aliphatic rings. The van der Waals surface area contributed by atoms with E-state index in [-0.39, 0.29) is 32.8 Å². The second-order valence-corrected chi connectivity index (χ2v) is 7.83. The highest BCUT2D eigenvalue weighted by molar-refractivity contribution is 7.86. The molecule has 0 aliphatic carbocycles. The number of β-amino-alcohol motifs (C(OH)–C–C–N with tert-alkyl or cyclic N) is 1. The molecule has 0 atom stereocenters. The van der Waals surface area contributed by atoms with Crippen LogP contribution < -0.4 is 0 Å². The maximum absolute atomic E-state index is 12.3. The van der Waals surface area contributed by atoms with E-state index < -0.39 is 22.4 Å². The number of aliphatic hydroxyl groups excluding tert-OH is 1. The average molecular weight is 355 g/mol. The van der Waals surface area contributed by atoms with Crippen LogP contribution in [0.5, 0.6) is 0 Å². The maximum Gasteiger partial charge on any atom is 0.410 e. The number of nitrogens with zero attached hydrogens (tertiary/aromatic N) is 3. The fourth-order valence-electron chi connectivity index (χ4n) is 2.68. The van der Waals surface area contributed by atoms with Crippen LogP contribution in [0.25, 0.3) is 0 Å². The van der Waals surface area contributed by atoms with Crippen LogP contribution in [0, 0.1) is 0 Å². The van der Waals surface area contributed by atoms with Crippen LogP contribution in [-0.4, -0.2) is 78.5 Å². The normalized spacial score (nSPS) is 20.6. The third-order valence-corrected chi connectivity index (χ3v) is 6.15. The molecule has 0 spiro atoms. The molecule has 0 unspecified atom stereocenters. The van der Waals surface area contributed by atoms with Crippen LogP contribution in [0.3, 0.4) is 0 Å². The predicted molar refractivity (Wildman–Crippen MR) is 86.3 cm³/mol. The number of carbonyl (C=O) groups excluding carboxylic acids is 1. The van der Waals surface area contributed by atoms with Gasteiger partial charge in [-0.3, -0.25) is 0 Å². The van der Waals surface area contributed by atoms with E-state index in [4.69, 9.17) is 4.74 Å². The summed E-state index contributed by atoms with van der Waals surface area (Å²) < 4.78 is 32.5. The summed E-state index contributed by atoms with van der Waals surface area (Å²) >= 11 is 0. The number of piperazine rings is 1. The Morgan fingerprint density at radius 3 is 2.29 bits per heavy atom. The monoisotopic (exact) mass is 355 g/mol. The quantitative estimate of drug-likeness (QED) is 0.812. The molecule has 3 rings (SSSR count). The average Bonchev–Trinajstić information content (AvgIpc) is 2.58. The van der Waals surface area contributed by atoms with Crippen molar-refractivity contribution in [2.45, 2.75) is 12.7 Å². The third kappa shape index (κ3) is 3.69. The van der Waals surface area contributed by atoms with Gasteiger partial charge in [0.1, 0.15) is 6.61 Å². The summed E-state index contributed by atoms with van der Waals surface area (Å²) in [7, 11) is -3.53. The second-order valence-electron chi connectivity index (χ2n) is 5.90. The first kappa shape index (κ1) is 17.2. The number of benzene rings is 1. The van der Waals surface area contributed by atoms with Gasteiger partial charge in [0, 0.05) is 39.3 Å². The van der Waals surface area contributed by atoms with Gasteiger partial charge >= 0.3 is 6.09 Å². The van der Waals surface area contributed by atoms with E-state index in [0.717, 1.165) is 5.56 Å². The minimum absolute atomic E-state index is 0.141. The topological polar surface area (TPSA) is 90.4 Å². The van der Waals surface area contributed by atoms with Gasteiger partial charge in [-0.1, -0.05) is 30.3 Å². The minimum Gasteiger partial charge on any atom is -0.445 e. The van der Waals surface area contributed by atoms with Crippen molar-refractivity contribution < 1.29 is 23.1 Å². The Kier molecular flexibility index (Phi) is 5.04. The molecule has 2 fully saturated rings. The number of hydrogen-bond acceptors (Lipinski definition) is 5. The standard InChI is InChI=1S/C15H21N3O5S/c19-14-10-18(11-14)24(21,22)17-8-6-16(7-9-17)15(20)23-12-13-4-2-1-3-5-13/h1-5,14,19H,6-12H2. The van der Waals surface area contributed by atoms with Gasteiger partial charge in [-0.15, -0.1) is 0 Å². The maximum atomic E-state index is 12.3. The minimum atomic E-state index is -3.53. The summed E-state index contributed by atoms with van der Waals surface area (Å²) in [4.78, 5) is 13.6. The van der Waals surface area contributed by atoms with Crippen molar-refractivity contribution in [1.29, 1.82) is 0 Å². The van der Waals surface area contributed by atoms with Gasteiger partial charge < -0.3 is 14.7 Å². The van der Waals surface area contributed by atoms with E-state index in [1.807, 2.05) is 30.3 Å². The molecule has 132 valence electrons. The molecule has 9 heteroatoms. The Labute approximate surface area is 141 Å². The van der Waals surface area contributed by atoms with E-state index in [0.29, 0.717) is 13.1 Å². The molecular weight excluding hydrogens is 334 g/mol. The zero-order chi connectivity index (χ0) is 17.2. The van der Waals surface area contributed by atoms with Crippen LogP contribution in [0.2, 0.25) is 0 Å². The molecule has 2 saturated heterocycles. The second kappa shape index (κ2) is 7.06. The fourth-order valence-corrected chi connectivity index (χ4v) is 4.35. The zero-order valence-electron chi connectivity index (χ0n) is 13.2. The highest BCUT2D eigenvalue weighted by Gasteiger charge is 2.40. The highest BCUT2D eigenvalue weighted by atomic mass is 32.2. The summed E-state index contributed by atoms with van der Waals surface area (Å²) in [5.74, 6) is 0. The summed E-state index contributed by atoms with van der Waals surface area (Å²) in [6, 6.07) is 9.39. The summed E-state index contributed by atoms with van der Waals surface area (Å²) in [5.41, 5.74) is 0.906. The number of ether oxygens (including phenoxy) is 1. The molecule has 1 N–H and O–H groups in total. The van der Waals surface area contributed by atoms with E-state index in [9.17, 15) is 18.3 Å². The Hall–Kier alpha value is -1.68. The Bertz CT molecular complexity index is 668. The van der Waals surface area contributed by atoms with Crippen LogP contribution in [0.15, 0.2) is 30.3 Å². The lowest BCUT2D eigenvalue weighted by Gasteiger charge is -2.40. The summed E-state index contributed by atoms with van der Waals surface area (Å²) in [6.45, 7) is 1.53. The smallest absolute Gasteiger partial charge is 0.410 e. The molecule has 1 amide bonds. The summed E-state index contributed by atoms with van der Waals surface area (Å²) in [6.07, 6.45) is -1.01. The van der Waals surface area contributed by atoms with Gasteiger partial charge in [0.2, 0.25) is 0 Å². The van der Waals surface area contributed by atoms with E-state index in [2.05, 4.69) is 0 Å². The van der Waals surface area contributed by atoms with Gasteiger partial charge in [-0.2, -0.15) is 17.0 Å². The molecule has 0 saturated carbocycles. The number of rotatable bonds is 4. The first-order valence-electron chi connectivity index (χ1n) is 7.86. The van der Waals surface area contributed by atoms with E-state index >= 15 is 0 Å². The highest BCUT2D eigenvalue weighted by Crippen LogP contribution is 2.19. The first-order chi connectivity index (χ1) is 11.5. The molecule has 2 heterocycles. The molecule has 1 aromatic carbocycles. The SMILES string of the molecule is O=C(OCc1ccccc1)N1CCN(S(=O)(=O)N2CC(O)C2)CC1. The lowest BCUT2D eigenvalue weighted by Crippen LogP contribution is -2.60. The van der Waals surface area contributed by atoms with Crippen molar-refractivity contribution in [3.05, 3.63) is 35.9 Å². The zero-order valence-corrected chi connectivity index (χ0v) is 14.1. The number of hydrogen-bond donors (Lipinski definition) is 1.